The van der Waals surface area contributed by atoms with Gasteiger partial charge in [-0.2, -0.15) is 0 Å². The van der Waals surface area contributed by atoms with Crippen LogP contribution in [0.2, 0.25) is 0 Å². The van der Waals surface area contributed by atoms with E-state index in [0.717, 1.165) is 0 Å². The fraction of sp³-hybridized carbons (Fsp3) is 0.467. The van der Waals surface area contributed by atoms with E-state index in [1.165, 1.54) is 14.2 Å². The molecule has 1 unspecified atom stereocenters. The lowest BCUT2D eigenvalue weighted by Gasteiger charge is -2.24. The highest BCUT2D eigenvalue weighted by Crippen LogP contribution is 2.19. The smallest absolute Gasteiger partial charge is 0.310 e. The lowest BCUT2D eigenvalue weighted by molar-refractivity contribution is -0.145. The number of ether oxygens (including phenoxy) is 2. The van der Waals surface area contributed by atoms with Gasteiger partial charge in [0.05, 0.1) is 25.7 Å². The van der Waals surface area contributed by atoms with Gasteiger partial charge in [0.25, 0.3) is 5.91 Å². The number of hydrogen-bond acceptors (Lipinski definition) is 4. The maximum absolute atomic E-state index is 12.5. The van der Waals surface area contributed by atoms with Crippen LogP contribution >= 0.6 is 0 Å². The number of benzene rings is 1. The topological polar surface area (TPSA) is 55.8 Å². The summed E-state index contributed by atoms with van der Waals surface area (Å²) in [5.41, 5.74) is 0.494. The van der Waals surface area contributed by atoms with Crippen molar-refractivity contribution in [1.29, 1.82) is 0 Å². The molecule has 110 valence electrons. The quantitative estimate of drug-likeness (QED) is 0.747. The molecule has 20 heavy (non-hydrogen) atoms. The summed E-state index contributed by atoms with van der Waals surface area (Å²) in [6.45, 7) is 4.44. The summed E-state index contributed by atoms with van der Waals surface area (Å²) in [6.07, 6.45) is 0. The first-order valence-corrected chi connectivity index (χ1v) is 6.55. The van der Waals surface area contributed by atoms with Gasteiger partial charge in [0.2, 0.25) is 0 Å². The second-order valence-corrected chi connectivity index (χ2v) is 4.47. The fourth-order valence-electron chi connectivity index (χ4n) is 1.95. The molecule has 0 saturated carbocycles. The molecule has 1 aromatic rings. The first kappa shape index (κ1) is 16.0. The number of carbonyl (C=O) groups excluding carboxylic acids is 2. The highest BCUT2D eigenvalue weighted by molar-refractivity contribution is 5.97. The van der Waals surface area contributed by atoms with Gasteiger partial charge >= 0.3 is 5.97 Å². The van der Waals surface area contributed by atoms with Crippen LogP contribution in [-0.4, -0.2) is 44.1 Å². The molecule has 0 N–H and O–H groups in total. The average Bonchev–Trinajstić information content (AvgIpc) is 2.50. The van der Waals surface area contributed by atoms with Gasteiger partial charge in [-0.3, -0.25) is 9.59 Å². The molecule has 0 aromatic heterocycles. The Morgan fingerprint density at radius 3 is 2.45 bits per heavy atom. The van der Waals surface area contributed by atoms with Crippen LogP contribution in [0, 0.1) is 5.92 Å². The molecule has 0 aliphatic carbocycles. The number of rotatable bonds is 6. The Morgan fingerprint density at radius 2 is 1.90 bits per heavy atom. The summed E-state index contributed by atoms with van der Waals surface area (Å²) in [5, 5.41) is 0. The van der Waals surface area contributed by atoms with E-state index < -0.39 is 0 Å². The van der Waals surface area contributed by atoms with Crippen molar-refractivity contribution in [3.8, 4) is 5.75 Å². The molecule has 0 spiro atoms. The van der Waals surface area contributed by atoms with Crippen LogP contribution in [0.4, 0.5) is 0 Å². The Morgan fingerprint density at radius 1 is 1.25 bits per heavy atom. The zero-order chi connectivity index (χ0) is 15.1. The molecule has 1 rings (SSSR count). The molecular weight excluding hydrogens is 258 g/mol. The zero-order valence-corrected chi connectivity index (χ0v) is 12.4. The number of carbonyl (C=O) groups is 2. The number of nitrogens with zero attached hydrogens (tertiary/aromatic N) is 1. The Labute approximate surface area is 119 Å². The van der Waals surface area contributed by atoms with E-state index in [4.69, 9.17) is 4.74 Å². The van der Waals surface area contributed by atoms with Gasteiger partial charge in [-0.15, -0.1) is 0 Å². The Kier molecular flexibility index (Phi) is 6.03. The molecule has 0 bridgehead atoms. The number of esters is 1. The molecule has 5 nitrogen and oxygen atoms in total. The highest BCUT2D eigenvalue weighted by atomic mass is 16.5. The minimum Gasteiger partial charge on any atom is -0.496 e. The van der Waals surface area contributed by atoms with Crippen molar-refractivity contribution in [2.24, 2.45) is 5.92 Å². The lowest BCUT2D eigenvalue weighted by atomic mass is 10.1. The van der Waals surface area contributed by atoms with Crippen LogP contribution in [0.3, 0.4) is 0 Å². The van der Waals surface area contributed by atoms with Crippen LogP contribution in [0.15, 0.2) is 24.3 Å². The van der Waals surface area contributed by atoms with Crippen LogP contribution in [0.1, 0.15) is 24.2 Å². The van der Waals surface area contributed by atoms with Gasteiger partial charge in [0.1, 0.15) is 5.75 Å². The van der Waals surface area contributed by atoms with E-state index >= 15 is 0 Å². The summed E-state index contributed by atoms with van der Waals surface area (Å²) >= 11 is 0. The van der Waals surface area contributed by atoms with Crippen LogP contribution in [-0.2, 0) is 9.53 Å². The van der Waals surface area contributed by atoms with Gasteiger partial charge < -0.3 is 14.4 Å². The SMILES string of the molecule is CCN(CC(C)C(=O)OC)C(=O)c1ccccc1OC. The molecule has 1 atom stereocenters. The Balaban J connectivity index is 2.89. The second kappa shape index (κ2) is 7.53. The maximum atomic E-state index is 12.5. The lowest BCUT2D eigenvalue weighted by Crippen LogP contribution is -2.37. The van der Waals surface area contributed by atoms with Gasteiger partial charge in [0.15, 0.2) is 0 Å². The van der Waals surface area contributed by atoms with E-state index in [1.54, 1.807) is 30.0 Å². The largest absolute Gasteiger partial charge is 0.496 e. The highest BCUT2D eigenvalue weighted by Gasteiger charge is 2.23. The third-order valence-electron chi connectivity index (χ3n) is 3.10. The molecule has 0 fully saturated rings. The van der Waals surface area contributed by atoms with E-state index in [-0.39, 0.29) is 17.8 Å². The van der Waals surface area contributed by atoms with Crippen molar-refractivity contribution in [2.75, 3.05) is 27.3 Å². The van der Waals surface area contributed by atoms with E-state index in [1.807, 2.05) is 13.0 Å². The van der Waals surface area contributed by atoms with Gasteiger partial charge in [-0.05, 0) is 19.1 Å². The van der Waals surface area contributed by atoms with Crippen molar-refractivity contribution >= 4 is 11.9 Å². The Hall–Kier alpha value is -2.04. The van der Waals surface area contributed by atoms with Crippen LogP contribution < -0.4 is 4.74 Å². The number of methoxy groups -OCH3 is 2. The average molecular weight is 279 g/mol. The normalized spacial score (nSPS) is 11.6. The third kappa shape index (κ3) is 3.73. The van der Waals surface area contributed by atoms with Crippen molar-refractivity contribution in [1.82, 2.24) is 4.90 Å². The molecule has 0 saturated heterocycles. The first-order chi connectivity index (χ1) is 9.54. The molecule has 0 radical (unpaired) electrons. The first-order valence-electron chi connectivity index (χ1n) is 6.55. The molecule has 0 aliphatic rings. The molecule has 5 heteroatoms. The predicted molar refractivity (Wildman–Crippen MR) is 75.8 cm³/mol. The van der Waals surface area contributed by atoms with Gasteiger partial charge in [0, 0.05) is 13.1 Å². The molecule has 1 aromatic carbocycles. The van der Waals surface area contributed by atoms with Crippen LogP contribution in [0.5, 0.6) is 5.75 Å². The maximum Gasteiger partial charge on any atom is 0.310 e. The minimum absolute atomic E-state index is 0.152. The summed E-state index contributed by atoms with van der Waals surface area (Å²) in [5.74, 6) is -0.308. The third-order valence-corrected chi connectivity index (χ3v) is 3.10. The standard InChI is InChI=1S/C15H21NO4/c1-5-16(10-11(2)15(18)20-4)14(17)12-8-6-7-9-13(12)19-3/h6-9,11H,5,10H2,1-4H3. The second-order valence-electron chi connectivity index (χ2n) is 4.47. The summed E-state index contributed by atoms with van der Waals surface area (Å²) in [7, 11) is 2.87. The van der Waals surface area contributed by atoms with Crippen molar-refractivity contribution in [3.63, 3.8) is 0 Å². The molecule has 0 heterocycles. The Bertz CT molecular complexity index is 473. The van der Waals surface area contributed by atoms with Gasteiger partial charge in [-0.25, -0.2) is 0 Å². The zero-order valence-electron chi connectivity index (χ0n) is 12.4. The van der Waals surface area contributed by atoms with E-state index in [2.05, 4.69) is 4.74 Å². The van der Waals surface area contributed by atoms with Crippen LogP contribution in [0.25, 0.3) is 0 Å². The predicted octanol–water partition coefficient (Wildman–Crippen LogP) is 1.97. The summed E-state index contributed by atoms with van der Waals surface area (Å²) in [6, 6.07) is 7.05. The molecular formula is C15H21NO4. The summed E-state index contributed by atoms with van der Waals surface area (Å²) < 4.78 is 9.88. The fourth-order valence-corrected chi connectivity index (χ4v) is 1.95. The van der Waals surface area contributed by atoms with Gasteiger partial charge in [-0.1, -0.05) is 19.1 Å². The molecule has 1 amide bonds. The monoisotopic (exact) mass is 279 g/mol. The van der Waals surface area contributed by atoms with Crippen molar-refractivity contribution in [3.05, 3.63) is 29.8 Å². The number of para-hydroxylation sites is 1. The summed E-state index contributed by atoms with van der Waals surface area (Å²) in [4.78, 5) is 25.6. The number of hydrogen-bond donors (Lipinski definition) is 0. The van der Waals surface area contributed by atoms with Crippen molar-refractivity contribution in [2.45, 2.75) is 13.8 Å². The molecule has 0 aliphatic heterocycles. The number of amides is 1. The van der Waals surface area contributed by atoms with Crippen molar-refractivity contribution < 1.29 is 19.1 Å². The minimum atomic E-state index is -0.362. The van der Waals surface area contributed by atoms with E-state index in [0.29, 0.717) is 24.4 Å². The van der Waals surface area contributed by atoms with E-state index in [9.17, 15) is 9.59 Å².